The molecule has 1 saturated heterocycles. The fourth-order valence-corrected chi connectivity index (χ4v) is 4.13. The van der Waals surface area contributed by atoms with Crippen LogP contribution in [-0.2, 0) is 9.84 Å². The molecule has 0 bridgehead atoms. The van der Waals surface area contributed by atoms with Gasteiger partial charge in [0, 0.05) is 24.7 Å². The molecule has 1 heterocycles. The van der Waals surface area contributed by atoms with Crippen molar-refractivity contribution in [3.05, 3.63) is 30.3 Å². The predicted molar refractivity (Wildman–Crippen MR) is 77.4 cm³/mol. The van der Waals surface area contributed by atoms with Crippen molar-refractivity contribution in [3.63, 3.8) is 0 Å². The first-order valence-electron chi connectivity index (χ1n) is 6.33. The molecule has 2 rings (SSSR count). The van der Waals surface area contributed by atoms with Crippen LogP contribution in [-0.4, -0.2) is 38.3 Å². The summed E-state index contributed by atoms with van der Waals surface area (Å²) in [6.07, 6.45) is 1.10. The van der Waals surface area contributed by atoms with E-state index in [1.165, 1.54) is 0 Å². The summed E-state index contributed by atoms with van der Waals surface area (Å²) in [5.74, 6) is 0.572. The SMILES string of the molecule is N=C(N)CCN(c1ccccc1)C1CCS(=O)(=O)C1. The molecule has 0 spiro atoms. The second-order valence-corrected chi connectivity index (χ2v) is 7.09. The molecule has 1 aliphatic rings. The van der Waals surface area contributed by atoms with Gasteiger partial charge >= 0.3 is 0 Å². The summed E-state index contributed by atoms with van der Waals surface area (Å²) in [4.78, 5) is 2.06. The van der Waals surface area contributed by atoms with Gasteiger partial charge in [0.15, 0.2) is 9.84 Å². The minimum Gasteiger partial charge on any atom is -0.388 e. The van der Waals surface area contributed by atoms with Gasteiger partial charge in [-0.2, -0.15) is 0 Å². The molecular weight excluding hydrogens is 262 g/mol. The van der Waals surface area contributed by atoms with E-state index in [4.69, 9.17) is 11.1 Å². The molecule has 1 fully saturated rings. The molecule has 1 aromatic carbocycles. The van der Waals surface area contributed by atoms with Gasteiger partial charge in [-0.15, -0.1) is 0 Å². The normalized spacial score (nSPS) is 21.2. The van der Waals surface area contributed by atoms with Crippen LogP contribution in [0.5, 0.6) is 0 Å². The molecule has 0 saturated carbocycles. The van der Waals surface area contributed by atoms with Gasteiger partial charge in [-0.05, 0) is 18.6 Å². The highest BCUT2D eigenvalue weighted by Gasteiger charge is 2.32. The van der Waals surface area contributed by atoms with Crippen LogP contribution in [0.4, 0.5) is 5.69 Å². The van der Waals surface area contributed by atoms with Crippen molar-refractivity contribution in [2.24, 2.45) is 5.73 Å². The summed E-state index contributed by atoms with van der Waals surface area (Å²) in [5.41, 5.74) is 6.40. The summed E-state index contributed by atoms with van der Waals surface area (Å²) in [7, 11) is -2.91. The number of anilines is 1. The Hall–Kier alpha value is -1.56. The second kappa shape index (κ2) is 5.61. The van der Waals surface area contributed by atoms with Crippen LogP contribution in [0.3, 0.4) is 0 Å². The number of hydrogen-bond acceptors (Lipinski definition) is 4. The van der Waals surface area contributed by atoms with Crippen molar-refractivity contribution < 1.29 is 8.42 Å². The summed E-state index contributed by atoms with van der Waals surface area (Å²) in [5, 5.41) is 7.33. The van der Waals surface area contributed by atoms with Gasteiger partial charge in [0.1, 0.15) is 0 Å². The van der Waals surface area contributed by atoms with E-state index in [0.29, 0.717) is 19.4 Å². The molecule has 3 N–H and O–H groups in total. The van der Waals surface area contributed by atoms with Crippen LogP contribution in [0.15, 0.2) is 30.3 Å². The number of nitrogens with two attached hydrogens (primary N) is 1. The smallest absolute Gasteiger partial charge is 0.152 e. The standard InChI is InChI=1S/C13H19N3O2S/c14-13(15)6-8-16(11-4-2-1-3-5-11)12-7-9-19(17,18)10-12/h1-5,12H,6-10H2,(H3,14,15). The van der Waals surface area contributed by atoms with Crippen LogP contribution in [0, 0.1) is 5.41 Å². The molecule has 104 valence electrons. The number of hydrogen-bond donors (Lipinski definition) is 2. The quantitative estimate of drug-likeness (QED) is 0.623. The van der Waals surface area contributed by atoms with Crippen LogP contribution in [0.25, 0.3) is 0 Å². The second-order valence-electron chi connectivity index (χ2n) is 4.86. The Morgan fingerprint density at radius 2 is 2.05 bits per heavy atom. The maximum absolute atomic E-state index is 11.6. The van der Waals surface area contributed by atoms with E-state index >= 15 is 0 Å². The summed E-state index contributed by atoms with van der Waals surface area (Å²) < 4.78 is 23.2. The Labute approximate surface area is 113 Å². The Balaban J connectivity index is 2.17. The Bertz CT molecular complexity index is 542. The fraction of sp³-hybridized carbons (Fsp3) is 0.462. The van der Waals surface area contributed by atoms with Gasteiger partial charge in [-0.1, -0.05) is 18.2 Å². The molecule has 19 heavy (non-hydrogen) atoms. The molecule has 1 unspecified atom stereocenters. The topological polar surface area (TPSA) is 87.2 Å². The molecular formula is C13H19N3O2S. The van der Waals surface area contributed by atoms with Gasteiger partial charge in [-0.25, -0.2) is 8.42 Å². The zero-order valence-electron chi connectivity index (χ0n) is 10.7. The van der Waals surface area contributed by atoms with Gasteiger partial charge in [-0.3, -0.25) is 5.41 Å². The third-order valence-corrected chi connectivity index (χ3v) is 5.11. The highest BCUT2D eigenvalue weighted by molar-refractivity contribution is 7.91. The Morgan fingerprint density at radius 1 is 1.37 bits per heavy atom. The maximum atomic E-state index is 11.6. The number of rotatable bonds is 5. The highest BCUT2D eigenvalue weighted by atomic mass is 32.2. The van der Waals surface area contributed by atoms with Crippen molar-refractivity contribution in [1.29, 1.82) is 5.41 Å². The zero-order chi connectivity index (χ0) is 13.9. The third-order valence-electron chi connectivity index (χ3n) is 3.36. The van der Waals surface area contributed by atoms with Gasteiger partial charge in [0.25, 0.3) is 0 Å². The minimum absolute atomic E-state index is 0.00764. The number of nitrogens with one attached hydrogen (secondary N) is 1. The molecule has 0 aromatic heterocycles. The first-order chi connectivity index (χ1) is 8.98. The molecule has 5 nitrogen and oxygen atoms in total. The number of nitrogens with zero attached hydrogens (tertiary/aromatic N) is 1. The van der Waals surface area contributed by atoms with Crippen LogP contribution >= 0.6 is 0 Å². The van der Waals surface area contributed by atoms with E-state index in [1.54, 1.807) is 0 Å². The van der Waals surface area contributed by atoms with E-state index in [0.717, 1.165) is 5.69 Å². The average molecular weight is 281 g/mol. The van der Waals surface area contributed by atoms with Crippen molar-refractivity contribution in [2.45, 2.75) is 18.9 Å². The lowest BCUT2D eigenvalue weighted by molar-refractivity contribution is 0.599. The first kappa shape index (κ1) is 13.9. The van der Waals surface area contributed by atoms with E-state index in [-0.39, 0.29) is 23.4 Å². The van der Waals surface area contributed by atoms with Crippen molar-refractivity contribution >= 4 is 21.4 Å². The highest BCUT2D eigenvalue weighted by Crippen LogP contribution is 2.24. The molecule has 0 amide bonds. The molecule has 0 radical (unpaired) electrons. The van der Waals surface area contributed by atoms with Crippen LogP contribution in [0.1, 0.15) is 12.8 Å². The Kier molecular flexibility index (Phi) is 4.09. The number of sulfone groups is 1. The van der Waals surface area contributed by atoms with Gasteiger partial charge in [0.2, 0.25) is 0 Å². The monoisotopic (exact) mass is 281 g/mol. The number of para-hydroxylation sites is 1. The fourth-order valence-electron chi connectivity index (χ4n) is 2.40. The maximum Gasteiger partial charge on any atom is 0.152 e. The number of benzene rings is 1. The lowest BCUT2D eigenvalue weighted by Crippen LogP contribution is -2.38. The third kappa shape index (κ3) is 3.70. The van der Waals surface area contributed by atoms with E-state index in [2.05, 4.69) is 4.90 Å². The van der Waals surface area contributed by atoms with Gasteiger partial charge < -0.3 is 10.6 Å². The predicted octanol–water partition coefficient (Wildman–Crippen LogP) is 1.01. The lowest BCUT2D eigenvalue weighted by atomic mass is 10.1. The van der Waals surface area contributed by atoms with E-state index < -0.39 is 9.84 Å². The van der Waals surface area contributed by atoms with Crippen LogP contribution in [0.2, 0.25) is 0 Å². The van der Waals surface area contributed by atoms with E-state index in [1.807, 2.05) is 30.3 Å². The largest absolute Gasteiger partial charge is 0.388 e. The van der Waals surface area contributed by atoms with Crippen LogP contribution < -0.4 is 10.6 Å². The molecule has 6 heteroatoms. The Morgan fingerprint density at radius 3 is 2.58 bits per heavy atom. The molecule has 0 aliphatic carbocycles. The van der Waals surface area contributed by atoms with Crippen molar-refractivity contribution in [2.75, 3.05) is 23.0 Å². The summed E-state index contributed by atoms with van der Waals surface area (Å²) in [6.45, 7) is 0.583. The number of amidine groups is 1. The average Bonchev–Trinajstić information content (AvgIpc) is 2.71. The zero-order valence-corrected chi connectivity index (χ0v) is 11.6. The summed E-state index contributed by atoms with van der Waals surface area (Å²) >= 11 is 0. The van der Waals surface area contributed by atoms with Crippen molar-refractivity contribution in [1.82, 2.24) is 0 Å². The molecule has 1 aromatic rings. The van der Waals surface area contributed by atoms with Gasteiger partial charge in [0.05, 0.1) is 17.3 Å². The minimum atomic E-state index is -2.91. The van der Waals surface area contributed by atoms with E-state index in [9.17, 15) is 8.42 Å². The lowest BCUT2D eigenvalue weighted by Gasteiger charge is -2.30. The first-order valence-corrected chi connectivity index (χ1v) is 8.15. The molecule has 1 aliphatic heterocycles. The summed E-state index contributed by atoms with van der Waals surface area (Å²) in [6, 6.07) is 9.71. The van der Waals surface area contributed by atoms with Crippen molar-refractivity contribution in [3.8, 4) is 0 Å². The molecule has 1 atom stereocenters.